The molecule has 2 rings (SSSR count). The smallest absolute Gasteiger partial charge is 0.243 e. The largest absolute Gasteiger partial charge is 0.316 e. The number of hydrogen-bond acceptors (Lipinski definition) is 3. The maximum Gasteiger partial charge on any atom is 0.243 e. The molecule has 1 fully saturated rings. The molecular formula is C12H16ClFN2O2S. The summed E-state index contributed by atoms with van der Waals surface area (Å²) in [5.74, 6) is -0.745. The molecule has 1 aliphatic rings. The second kappa shape index (κ2) is 5.75. The number of nitrogens with one attached hydrogen (secondary N) is 2. The summed E-state index contributed by atoms with van der Waals surface area (Å²) in [6.07, 6.45) is 2.59. The van der Waals surface area contributed by atoms with E-state index in [4.69, 9.17) is 11.6 Å². The lowest BCUT2D eigenvalue weighted by Gasteiger charge is -2.26. The van der Waals surface area contributed by atoms with Gasteiger partial charge in [-0.05, 0) is 32.0 Å². The standard InChI is InChI=1S/C12H16ClFN2O2S/c1-15-7-8-5-9(13)6-11(12(8)14)19(17,18)16-10-3-2-4-10/h5-6,10,15-16H,2-4,7H2,1H3. The van der Waals surface area contributed by atoms with E-state index in [1.54, 1.807) is 7.05 Å². The molecule has 1 aromatic carbocycles. The fourth-order valence-electron chi connectivity index (χ4n) is 1.94. The molecule has 1 saturated carbocycles. The van der Waals surface area contributed by atoms with Crippen LogP contribution in [0.5, 0.6) is 0 Å². The fourth-order valence-corrected chi connectivity index (χ4v) is 3.70. The Kier molecular flexibility index (Phi) is 4.45. The van der Waals surface area contributed by atoms with Crippen LogP contribution >= 0.6 is 11.6 Å². The number of rotatable bonds is 5. The van der Waals surface area contributed by atoms with E-state index < -0.39 is 15.8 Å². The predicted octanol–water partition coefficient (Wildman–Crippen LogP) is 2.03. The van der Waals surface area contributed by atoms with Gasteiger partial charge in [-0.15, -0.1) is 0 Å². The molecular weight excluding hydrogens is 291 g/mol. The molecule has 0 aliphatic heterocycles. The molecule has 0 atom stereocenters. The molecule has 0 radical (unpaired) electrons. The van der Waals surface area contributed by atoms with Gasteiger partial charge in [0.1, 0.15) is 10.7 Å². The van der Waals surface area contributed by atoms with Crippen molar-refractivity contribution in [2.45, 2.75) is 36.7 Å². The molecule has 0 amide bonds. The highest BCUT2D eigenvalue weighted by molar-refractivity contribution is 7.89. The van der Waals surface area contributed by atoms with Crippen LogP contribution in [0.2, 0.25) is 5.02 Å². The first-order valence-electron chi connectivity index (χ1n) is 6.09. The van der Waals surface area contributed by atoms with E-state index in [9.17, 15) is 12.8 Å². The normalized spacial score (nSPS) is 16.4. The third-order valence-corrected chi connectivity index (χ3v) is 4.90. The lowest BCUT2D eigenvalue weighted by molar-refractivity contribution is 0.382. The summed E-state index contributed by atoms with van der Waals surface area (Å²) < 4.78 is 41.0. The van der Waals surface area contributed by atoms with Gasteiger partial charge in [-0.2, -0.15) is 0 Å². The van der Waals surface area contributed by atoms with Crippen LogP contribution in [-0.2, 0) is 16.6 Å². The quantitative estimate of drug-likeness (QED) is 0.875. The van der Waals surface area contributed by atoms with Crippen molar-refractivity contribution in [1.82, 2.24) is 10.0 Å². The second-order valence-electron chi connectivity index (χ2n) is 4.66. The zero-order valence-corrected chi connectivity index (χ0v) is 12.1. The third-order valence-electron chi connectivity index (χ3n) is 3.16. The number of benzene rings is 1. The lowest BCUT2D eigenvalue weighted by Crippen LogP contribution is -2.39. The van der Waals surface area contributed by atoms with Crippen molar-refractivity contribution in [3.05, 3.63) is 28.5 Å². The first kappa shape index (κ1) is 14.7. The van der Waals surface area contributed by atoms with Crippen LogP contribution in [0.4, 0.5) is 4.39 Å². The van der Waals surface area contributed by atoms with Crippen LogP contribution in [0.1, 0.15) is 24.8 Å². The Bertz CT molecular complexity index is 573. The van der Waals surface area contributed by atoms with Crippen molar-refractivity contribution >= 4 is 21.6 Å². The highest BCUT2D eigenvalue weighted by Gasteiger charge is 2.28. The van der Waals surface area contributed by atoms with Gasteiger partial charge in [-0.3, -0.25) is 0 Å². The first-order valence-corrected chi connectivity index (χ1v) is 7.95. The Hall–Kier alpha value is -0.690. The van der Waals surface area contributed by atoms with Gasteiger partial charge in [0.2, 0.25) is 10.0 Å². The van der Waals surface area contributed by atoms with Crippen LogP contribution in [0, 0.1) is 5.82 Å². The molecule has 0 aromatic heterocycles. The van der Waals surface area contributed by atoms with Crippen LogP contribution in [0.25, 0.3) is 0 Å². The predicted molar refractivity (Wildman–Crippen MR) is 72.1 cm³/mol. The van der Waals surface area contributed by atoms with Crippen LogP contribution < -0.4 is 10.0 Å². The maximum absolute atomic E-state index is 14.2. The lowest BCUT2D eigenvalue weighted by atomic mass is 9.94. The molecule has 1 aromatic rings. The van der Waals surface area contributed by atoms with Crippen molar-refractivity contribution in [3.63, 3.8) is 0 Å². The van der Waals surface area contributed by atoms with Crippen LogP contribution in [0.3, 0.4) is 0 Å². The molecule has 4 nitrogen and oxygen atoms in total. The van der Waals surface area contributed by atoms with Gasteiger partial charge in [0, 0.05) is 23.2 Å². The van der Waals surface area contributed by atoms with Gasteiger partial charge < -0.3 is 5.32 Å². The molecule has 0 heterocycles. The van der Waals surface area contributed by atoms with Gasteiger partial charge in [0.25, 0.3) is 0 Å². The summed E-state index contributed by atoms with van der Waals surface area (Å²) in [6.45, 7) is 0.221. The van der Waals surface area contributed by atoms with E-state index in [2.05, 4.69) is 10.0 Å². The number of halogens is 2. The van der Waals surface area contributed by atoms with E-state index in [1.807, 2.05) is 0 Å². The molecule has 0 bridgehead atoms. The monoisotopic (exact) mass is 306 g/mol. The highest BCUT2D eigenvalue weighted by Crippen LogP contribution is 2.26. The van der Waals surface area contributed by atoms with Gasteiger partial charge in [0.15, 0.2) is 0 Å². The fraction of sp³-hybridized carbons (Fsp3) is 0.500. The van der Waals surface area contributed by atoms with Gasteiger partial charge in [-0.25, -0.2) is 17.5 Å². The minimum atomic E-state index is -3.85. The maximum atomic E-state index is 14.2. The summed E-state index contributed by atoms with van der Waals surface area (Å²) >= 11 is 5.86. The van der Waals surface area contributed by atoms with Crippen molar-refractivity contribution in [2.75, 3.05) is 7.05 Å². The summed E-state index contributed by atoms with van der Waals surface area (Å²) in [7, 11) is -2.20. The summed E-state index contributed by atoms with van der Waals surface area (Å²) in [6, 6.07) is 2.49. The van der Waals surface area contributed by atoms with E-state index >= 15 is 0 Å². The van der Waals surface area contributed by atoms with E-state index in [0.717, 1.165) is 25.3 Å². The molecule has 19 heavy (non-hydrogen) atoms. The van der Waals surface area contributed by atoms with Crippen molar-refractivity contribution < 1.29 is 12.8 Å². The zero-order valence-electron chi connectivity index (χ0n) is 10.5. The average Bonchev–Trinajstić information content (AvgIpc) is 2.28. The van der Waals surface area contributed by atoms with Crippen molar-refractivity contribution in [3.8, 4) is 0 Å². The molecule has 7 heteroatoms. The molecule has 0 unspecified atom stereocenters. The Morgan fingerprint density at radius 2 is 2.11 bits per heavy atom. The van der Waals surface area contributed by atoms with E-state index in [1.165, 1.54) is 6.07 Å². The SMILES string of the molecule is CNCc1cc(Cl)cc(S(=O)(=O)NC2CCC2)c1F. The summed E-state index contributed by atoms with van der Waals surface area (Å²) in [5, 5.41) is 2.99. The Morgan fingerprint density at radius 1 is 1.42 bits per heavy atom. The summed E-state index contributed by atoms with van der Waals surface area (Å²) in [4.78, 5) is -0.378. The second-order valence-corrected chi connectivity index (χ2v) is 6.78. The molecule has 106 valence electrons. The zero-order chi connectivity index (χ0) is 14.0. The topological polar surface area (TPSA) is 58.2 Å². The minimum Gasteiger partial charge on any atom is -0.316 e. The Labute approximate surface area is 117 Å². The Morgan fingerprint density at radius 3 is 2.63 bits per heavy atom. The molecule has 0 spiro atoms. The third kappa shape index (κ3) is 3.25. The van der Waals surface area contributed by atoms with E-state index in [0.29, 0.717) is 0 Å². The Balaban J connectivity index is 2.37. The molecule has 0 saturated heterocycles. The minimum absolute atomic E-state index is 0.0869. The van der Waals surface area contributed by atoms with Crippen molar-refractivity contribution in [1.29, 1.82) is 0 Å². The van der Waals surface area contributed by atoms with Crippen molar-refractivity contribution in [2.24, 2.45) is 0 Å². The average molecular weight is 307 g/mol. The van der Waals surface area contributed by atoms with E-state index in [-0.39, 0.29) is 28.1 Å². The number of hydrogen-bond donors (Lipinski definition) is 2. The van der Waals surface area contributed by atoms with Crippen LogP contribution in [-0.4, -0.2) is 21.5 Å². The molecule has 1 aliphatic carbocycles. The highest BCUT2D eigenvalue weighted by atomic mass is 35.5. The summed E-state index contributed by atoms with van der Waals surface area (Å²) in [5.41, 5.74) is 0.240. The molecule has 2 N–H and O–H groups in total. The van der Waals surface area contributed by atoms with Gasteiger partial charge >= 0.3 is 0 Å². The van der Waals surface area contributed by atoms with Crippen LogP contribution in [0.15, 0.2) is 17.0 Å². The van der Waals surface area contributed by atoms with Gasteiger partial charge in [-0.1, -0.05) is 18.0 Å². The van der Waals surface area contributed by atoms with Gasteiger partial charge in [0.05, 0.1) is 0 Å². The first-order chi connectivity index (χ1) is 8.94. The number of sulfonamides is 1.